The molecule has 6 nitrogen and oxygen atoms in total. The number of amides is 1. The minimum Gasteiger partial charge on any atom is -0.458 e. The van der Waals surface area contributed by atoms with Crippen molar-refractivity contribution in [2.24, 2.45) is 0 Å². The molecule has 32 heavy (non-hydrogen) atoms. The van der Waals surface area contributed by atoms with E-state index in [2.05, 4.69) is 23.3 Å². The van der Waals surface area contributed by atoms with Crippen molar-refractivity contribution in [3.63, 3.8) is 0 Å². The van der Waals surface area contributed by atoms with Crippen molar-refractivity contribution in [1.29, 1.82) is 5.26 Å². The van der Waals surface area contributed by atoms with Gasteiger partial charge < -0.3 is 15.4 Å². The highest BCUT2D eigenvalue weighted by Gasteiger charge is 2.35. The van der Waals surface area contributed by atoms with Gasteiger partial charge in [0.15, 0.2) is 0 Å². The van der Waals surface area contributed by atoms with E-state index in [9.17, 15) is 14.9 Å². The first-order valence-electron chi connectivity index (χ1n) is 10.9. The van der Waals surface area contributed by atoms with Gasteiger partial charge in [-0.1, -0.05) is 74.0 Å². The Labute approximate surface area is 193 Å². The Hall–Kier alpha value is -2.98. The fourth-order valence-electron chi connectivity index (χ4n) is 4.14. The zero-order valence-electron chi connectivity index (χ0n) is 18.4. The van der Waals surface area contributed by atoms with E-state index in [-0.39, 0.29) is 24.3 Å². The van der Waals surface area contributed by atoms with Gasteiger partial charge in [0, 0.05) is 11.7 Å². The SMILES string of the molecule is C=CCOC(=O)C1=C(C)NC(SCC(=O)NC2CCCCC2)=C(C#N)C1c1ccccc1. The van der Waals surface area contributed by atoms with Crippen molar-refractivity contribution in [1.82, 2.24) is 10.6 Å². The van der Waals surface area contributed by atoms with Crippen LogP contribution in [0.3, 0.4) is 0 Å². The summed E-state index contributed by atoms with van der Waals surface area (Å²) in [5.74, 6) is -0.892. The van der Waals surface area contributed by atoms with Gasteiger partial charge in [-0.05, 0) is 25.3 Å². The van der Waals surface area contributed by atoms with E-state index in [4.69, 9.17) is 4.74 Å². The van der Waals surface area contributed by atoms with Gasteiger partial charge in [-0.3, -0.25) is 4.79 Å². The molecule has 1 aliphatic heterocycles. The average Bonchev–Trinajstić information content (AvgIpc) is 2.81. The molecule has 1 atom stereocenters. The summed E-state index contributed by atoms with van der Waals surface area (Å²) in [6.07, 6.45) is 7.08. The molecule has 2 aliphatic rings. The maximum atomic E-state index is 12.8. The molecule has 1 unspecified atom stereocenters. The van der Waals surface area contributed by atoms with E-state index < -0.39 is 11.9 Å². The zero-order chi connectivity index (χ0) is 22.9. The third-order valence-corrected chi connectivity index (χ3v) is 6.67. The van der Waals surface area contributed by atoms with Gasteiger partial charge in [0.2, 0.25) is 5.91 Å². The molecule has 1 amide bonds. The van der Waals surface area contributed by atoms with E-state index in [0.717, 1.165) is 31.2 Å². The minimum absolute atomic E-state index is 0.0393. The van der Waals surface area contributed by atoms with E-state index in [1.165, 1.54) is 24.3 Å². The molecule has 0 bridgehead atoms. The molecule has 0 spiro atoms. The van der Waals surface area contributed by atoms with E-state index in [0.29, 0.717) is 21.9 Å². The lowest BCUT2D eigenvalue weighted by Gasteiger charge is -2.29. The van der Waals surface area contributed by atoms with Crippen LogP contribution in [-0.2, 0) is 14.3 Å². The molecule has 1 saturated carbocycles. The van der Waals surface area contributed by atoms with Gasteiger partial charge in [0.05, 0.1) is 33.9 Å². The first kappa shape index (κ1) is 23.7. The highest BCUT2D eigenvalue weighted by atomic mass is 32.2. The Morgan fingerprint density at radius 2 is 2.00 bits per heavy atom. The average molecular weight is 452 g/mol. The van der Waals surface area contributed by atoms with Gasteiger partial charge in [0.25, 0.3) is 0 Å². The van der Waals surface area contributed by atoms with Crippen molar-refractivity contribution in [2.75, 3.05) is 12.4 Å². The first-order valence-corrected chi connectivity index (χ1v) is 11.9. The second-order valence-corrected chi connectivity index (χ2v) is 8.93. The Morgan fingerprint density at radius 3 is 2.66 bits per heavy atom. The highest BCUT2D eigenvalue weighted by Crippen LogP contribution is 2.40. The van der Waals surface area contributed by atoms with Crippen LogP contribution >= 0.6 is 11.8 Å². The van der Waals surface area contributed by atoms with Crippen molar-refractivity contribution in [2.45, 2.75) is 51.0 Å². The second kappa shape index (κ2) is 11.6. The molecule has 1 aliphatic carbocycles. The number of nitriles is 1. The van der Waals surface area contributed by atoms with Crippen LogP contribution in [0.15, 0.2) is 64.9 Å². The molecule has 1 aromatic rings. The van der Waals surface area contributed by atoms with Gasteiger partial charge >= 0.3 is 5.97 Å². The molecule has 7 heteroatoms. The summed E-state index contributed by atoms with van der Waals surface area (Å²) in [6, 6.07) is 11.9. The number of ether oxygens (including phenoxy) is 1. The summed E-state index contributed by atoms with van der Waals surface area (Å²) in [5, 5.41) is 16.9. The number of carbonyl (C=O) groups is 2. The Bertz CT molecular complexity index is 956. The highest BCUT2D eigenvalue weighted by molar-refractivity contribution is 8.03. The number of benzene rings is 1. The van der Waals surface area contributed by atoms with Gasteiger partial charge in [-0.15, -0.1) is 0 Å². The van der Waals surface area contributed by atoms with Crippen LogP contribution in [0.25, 0.3) is 0 Å². The van der Waals surface area contributed by atoms with Crippen molar-refractivity contribution < 1.29 is 14.3 Å². The number of esters is 1. The number of hydrogen-bond acceptors (Lipinski definition) is 6. The quantitative estimate of drug-likeness (QED) is 0.452. The third-order valence-electron chi connectivity index (χ3n) is 5.65. The monoisotopic (exact) mass is 451 g/mol. The second-order valence-electron chi connectivity index (χ2n) is 7.94. The number of thioether (sulfide) groups is 1. The number of nitrogens with one attached hydrogen (secondary N) is 2. The van der Waals surface area contributed by atoms with Crippen LogP contribution in [0.1, 0.15) is 50.5 Å². The molecule has 2 N–H and O–H groups in total. The fraction of sp³-hybridized carbons (Fsp3) is 0.400. The number of rotatable bonds is 8. The molecule has 0 radical (unpaired) electrons. The number of dihydropyridines is 1. The number of allylic oxidation sites excluding steroid dienone is 2. The van der Waals surface area contributed by atoms with Crippen molar-refractivity contribution in [3.05, 3.63) is 70.4 Å². The van der Waals surface area contributed by atoms with E-state index >= 15 is 0 Å². The number of nitrogens with zero attached hydrogens (tertiary/aromatic N) is 1. The first-order chi connectivity index (χ1) is 15.5. The molecule has 1 aromatic carbocycles. The Morgan fingerprint density at radius 1 is 1.28 bits per heavy atom. The number of hydrogen-bond donors (Lipinski definition) is 2. The lowest BCUT2D eigenvalue weighted by molar-refractivity contribution is -0.138. The molecule has 168 valence electrons. The van der Waals surface area contributed by atoms with Crippen LogP contribution in [0.2, 0.25) is 0 Å². The topological polar surface area (TPSA) is 91.2 Å². The molecule has 0 aromatic heterocycles. The van der Waals surface area contributed by atoms with Crippen molar-refractivity contribution >= 4 is 23.6 Å². The van der Waals surface area contributed by atoms with Gasteiger partial charge in [-0.2, -0.15) is 5.26 Å². The summed E-state index contributed by atoms with van der Waals surface area (Å²) >= 11 is 1.29. The molecular formula is C25H29N3O3S. The molecule has 1 fully saturated rings. The Kier molecular flexibility index (Phi) is 8.57. The summed E-state index contributed by atoms with van der Waals surface area (Å²) in [5.41, 5.74) is 2.23. The lowest BCUT2D eigenvalue weighted by atomic mass is 9.82. The standard InChI is InChI=1S/C25H29N3O3S/c1-3-14-31-25(30)22-17(2)27-24(20(15-26)23(22)18-10-6-4-7-11-18)32-16-21(29)28-19-12-8-5-9-13-19/h3-4,6-7,10-11,19,23,27H,1,5,8-9,12-14,16H2,2H3,(H,28,29). The van der Waals surface area contributed by atoms with Crippen LogP contribution < -0.4 is 10.6 Å². The van der Waals surface area contributed by atoms with E-state index in [1.807, 2.05) is 30.3 Å². The van der Waals surface area contributed by atoms with Gasteiger partial charge in [-0.25, -0.2) is 4.79 Å². The van der Waals surface area contributed by atoms with Gasteiger partial charge in [0.1, 0.15) is 6.61 Å². The minimum atomic E-state index is -0.566. The maximum absolute atomic E-state index is 12.8. The van der Waals surface area contributed by atoms with Crippen LogP contribution in [0, 0.1) is 11.3 Å². The largest absolute Gasteiger partial charge is 0.458 e. The zero-order valence-corrected chi connectivity index (χ0v) is 19.2. The fourth-order valence-corrected chi connectivity index (χ4v) is 5.05. The molecule has 3 rings (SSSR count). The van der Waals surface area contributed by atoms with Crippen molar-refractivity contribution in [3.8, 4) is 6.07 Å². The molecule has 0 saturated heterocycles. The number of carbonyl (C=O) groups excluding carboxylic acids is 2. The summed E-state index contributed by atoms with van der Waals surface area (Å²) in [4.78, 5) is 25.3. The predicted octanol–water partition coefficient (Wildman–Crippen LogP) is 4.29. The smallest absolute Gasteiger partial charge is 0.337 e. The van der Waals surface area contributed by atoms with E-state index in [1.54, 1.807) is 6.92 Å². The molecular weight excluding hydrogens is 422 g/mol. The summed E-state index contributed by atoms with van der Waals surface area (Å²) in [6.45, 7) is 5.47. The maximum Gasteiger partial charge on any atom is 0.337 e. The third kappa shape index (κ3) is 5.83. The molecule has 1 heterocycles. The van der Waals surface area contributed by atoms with Crippen LogP contribution in [0.4, 0.5) is 0 Å². The summed E-state index contributed by atoms with van der Waals surface area (Å²) in [7, 11) is 0. The predicted molar refractivity (Wildman–Crippen MR) is 126 cm³/mol. The lowest BCUT2D eigenvalue weighted by Crippen LogP contribution is -2.37. The van der Waals surface area contributed by atoms with Crippen LogP contribution in [-0.4, -0.2) is 30.3 Å². The Balaban J connectivity index is 1.83. The normalized spacial score (nSPS) is 19.1. The van der Waals surface area contributed by atoms with Crippen LogP contribution in [0.5, 0.6) is 0 Å². The summed E-state index contributed by atoms with van der Waals surface area (Å²) < 4.78 is 5.31.